The van der Waals surface area contributed by atoms with Crippen LogP contribution in [0.4, 0.5) is 0 Å². The van der Waals surface area contributed by atoms with Crippen molar-refractivity contribution in [1.82, 2.24) is 5.32 Å². The van der Waals surface area contributed by atoms with E-state index in [1.807, 2.05) is 0 Å². The van der Waals surface area contributed by atoms with Gasteiger partial charge in [-0.05, 0) is 43.4 Å². The van der Waals surface area contributed by atoms with Gasteiger partial charge in [-0.1, -0.05) is 31.2 Å². The summed E-state index contributed by atoms with van der Waals surface area (Å²) in [5, 5.41) is 4.42. The number of benzene rings is 1. The first-order valence-electron chi connectivity index (χ1n) is 7.93. The van der Waals surface area contributed by atoms with Gasteiger partial charge in [-0.2, -0.15) is 11.8 Å². The summed E-state index contributed by atoms with van der Waals surface area (Å²) >= 11 is 2.11. The third-order valence-electron chi connectivity index (χ3n) is 4.32. The second kappa shape index (κ2) is 6.97. The molecule has 3 atom stereocenters. The van der Waals surface area contributed by atoms with Crippen LogP contribution >= 0.6 is 11.8 Å². The monoisotopic (exact) mass is 291 g/mol. The third kappa shape index (κ3) is 3.21. The van der Waals surface area contributed by atoms with E-state index in [0.717, 1.165) is 18.9 Å². The standard InChI is InChI=1S/C17H25NOS/c1-2-9-18-17-15-8-4-3-6-13(15)11-16(17)20-12-14-7-5-10-19-14/h3-4,6,8,14,16-18H,2,5,7,9-12H2,1H3. The summed E-state index contributed by atoms with van der Waals surface area (Å²) in [7, 11) is 0. The lowest BCUT2D eigenvalue weighted by Crippen LogP contribution is -2.28. The Morgan fingerprint density at radius 1 is 1.35 bits per heavy atom. The number of fused-ring (bicyclic) bond motifs is 1. The largest absolute Gasteiger partial charge is 0.377 e. The molecule has 3 heteroatoms. The second-order valence-corrected chi connectivity index (χ2v) is 7.11. The van der Waals surface area contributed by atoms with Crippen LogP contribution in [-0.2, 0) is 11.2 Å². The Bertz CT molecular complexity index is 431. The van der Waals surface area contributed by atoms with Crippen LogP contribution in [-0.4, -0.2) is 30.3 Å². The molecule has 1 saturated heterocycles. The second-order valence-electron chi connectivity index (χ2n) is 5.84. The maximum Gasteiger partial charge on any atom is 0.0666 e. The van der Waals surface area contributed by atoms with Crippen molar-refractivity contribution in [2.24, 2.45) is 0 Å². The van der Waals surface area contributed by atoms with Crippen LogP contribution in [0, 0.1) is 0 Å². The average molecular weight is 291 g/mol. The van der Waals surface area contributed by atoms with E-state index in [1.165, 1.54) is 36.8 Å². The van der Waals surface area contributed by atoms with Crippen molar-refractivity contribution in [1.29, 1.82) is 0 Å². The van der Waals surface area contributed by atoms with Gasteiger partial charge < -0.3 is 10.1 Å². The Morgan fingerprint density at radius 2 is 2.25 bits per heavy atom. The normalized spacial score (nSPS) is 28.8. The molecule has 110 valence electrons. The van der Waals surface area contributed by atoms with Gasteiger partial charge >= 0.3 is 0 Å². The highest BCUT2D eigenvalue weighted by molar-refractivity contribution is 8.00. The van der Waals surface area contributed by atoms with Crippen molar-refractivity contribution in [2.75, 3.05) is 18.9 Å². The highest BCUT2D eigenvalue weighted by Crippen LogP contribution is 2.39. The molecule has 2 aliphatic rings. The highest BCUT2D eigenvalue weighted by Gasteiger charge is 2.32. The predicted octanol–water partition coefficient (Wildman–Crippen LogP) is 3.56. The van der Waals surface area contributed by atoms with Gasteiger partial charge in [0.2, 0.25) is 0 Å². The van der Waals surface area contributed by atoms with Gasteiger partial charge in [0.05, 0.1) is 6.10 Å². The molecular weight excluding hydrogens is 266 g/mol. The van der Waals surface area contributed by atoms with Crippen LogP contribution in [0.25, 0.3) is 0 Å². The molecule has 1 aliphatic heterocycles. The van der Waals surface area contributed by atoms with Crippen molar-refractivity contribution >= 4 is 11.8 Å². The fourth-order valence-electron chi connectivity index (χ4n) is 3.26. The van der Waals surface area contributed by atoms with Gasteiger partial charge in [0, 0.05) is 23.7 Å². The Morgan fingerprint density at radius 3 is 3.05 bits per heavy atom. The zero-order valence-electron chi connectivity index (χ0n) is 12.3. The molecule has 1 aromatic rings. The topological polar surface area (TPSA) is 21.3 Å². The lowest BCUT2D eigenvalue weighted by molar-refractivity contribution is 0.128. The molecular formula is C17H25NOS. The molecule has 1 heterocycles. The van der Waals surface area contributed by atoms with Crippen LogP contribution in [0.5, 0.6) is 0 Å². The van der Waals surface area contributed by atoms with E-state index >= 15 is 0 Å². The molecule has 1 aromatic carbocycles. The van der Waals surface area contributed by atoms with Crippen molar-refractivity contribution in [3.05, 3.63) is 35.4 Å². The summed E-state index contributed by atoms with van der Waals surface area (Å²) < 4.78 is 5.76. The Hall–Kier alpha value is -0.510. The van der Waals surface area contributed by atoms with Crippen molar-refractivity contribution in [3.63, 3.8) is 0 Å². The van der Waals surface area contributed by atoms with Crippen molar-refractivity contribution in [2.45, 2.75) is 50.0 Å². The van der Waals surface area contributed by atoms with Crippen LogP contribution in [0.2, 0.25) is 0 Å². The Kier molecular flexibility index (Phi) is 5.03. The summed E-state index contributed by atoms with van der Waals surface area (Å²) in [5.74, 6) is 1.16. The molecule has 0 spiro atoms. The number of hydrogen-bond acceptors (Lipinski definition) is 3. The summed E-state index contributed by atoms with van der Waals surface area (Å²) in [6.07, 6.45) is 5.39. The van der Waals surface area contributed by atoms with E-state index in [9.17, 15) is 0 Å². The lowest BCUT2D eigenvalue weighted by Gasteiger charge is -2.22. The smallest absolute Gasteiger partial charge is 0.0666 e. The Labute approximate surface area is 126 Å². The number of thioether (sulfide) groups is 1. The summed E-state index contributed by atoms with van der Waals surface area (Å²) in [6.45, 7) is 4.31. The molecule has 0 amide bonds. The summed E-state index contributed by atoms with van der Waals surface area (Å²) in [5.41, 5.74) is 3.05. The van der Waals surface area contributed by atoms with E-state index in [1.54, 1.807) is 0 Å². The molecule has 2 nitrogen and oxygen atoms in total. The van der Waals surface area contributed by atoms with Gasteiger partial charge in [0.1, 0.15) is 0 Å². The molecule has 0 bridgehead atoms. The van der Waals surface area contributed by atoms with Crippen LogP contribution in [0.3, 0.4) is 0 Å². The SMILES string of the molecule is CCCNC1c2ccccc2CC1SCC1CCCO1. The quantitative estimate of drug-likeness (QED) is 0.866. The minimum absolute atomic E-state index is 0.496. The van der Waals surface area contributed by atoms with E-state index in [2.05, 4.69) is 48.3 Å². The highest BCUT2D eigenvalue weighted by atomic mass is 32.2. The van der Waals surface area contributed by atoms with E-state index in [-0.39, 0.29) is 0 Å². The third-order valence-corrected chi connectivity index (χ3v) is 5.75. The minimum Gasteiger partial charge on any atom is -0.377 e. The summed E-state index contributed by atoms with van der Waals surface area (Å²) in [4.78, 5) is 0. The molecule has 0 aromatic heterocycles. The predicted molar refractivity (Wildman–Crippen MR) is 86.4 cm³/mol. The first-order valence-corrected chi connectivity index (χ1v) is 8.97. The van der Waals surface area contributed by atoms with E-state index < -0.39 is 0 Å². The Balaban J connectivity index is 1.63. The maximum atomic E-state index is 5.76. The minimum atomic E-state index is 0.496. The zero-order valence-corrected chi connectivity index (χ0v) is 13.1. The molecule has 1 aliphatic carbocycles. The van der Waals surface area contributed by atoms with E-state index in [4.69, 9.17) is 4.74 Å². The average Bonchev–Trinajstić information content (AvgIpc) is 3.10. The van der Waals surface area contributed by atoms with Crippen molar-refractivity contribution in [3.8, 4) is 0 Å². The zero-order chi connectivity index (χ0) is 13.8. The lowest BCUT2D eigenvalue weighted by atomic mass is 10.1. The first kappa shape index (κ1) is 14.4. The molecule has 3 unspecified atom stereocenters. The van der Waals surface area contributed by atoms with Crippen molar-refractivity contribution < 1.29 is 4.74 Å². The number of hydrogen-bond donors (Lipinski definition) is 1. The molecule has 1 N–H and O–H groups in total. The molecule has 0 saturated carbocycles. The summed E-state index contributed by atoms with van der Waals surface area (Å²) in [6, 6.07) is 9.46. The van der Waals surface area contributed by atoms with Gasteiger partial charge in [-0.3, -0.25) is 0 Å². The fourth-order valence-corrected chi connectivity index (χ4v) is 4.72. The van der Waals surface area contributed by atoms with Crippen LogP contribution in [0.15, 0.2) is 24.3 Å². The van der Waals surface area contributed by atoms with Gasteiger partial charge in [-0.25, -0.2) is 0 Å². The van der Waals surface area contributed by atoms with Gasteiger partial charge in [-0.15, -0.1) is 0 Å². The molecule has 1 fully saturated rings. The fraction of sp³-hybridized carbons (Fsp3) is 0.647. The van der Waals surface area contributed by atoms with Gasteiger partial charge in [0.25, 0.3) is 0 Å². The molecule has 0 radical (unpaired) electrons. The number of nitrogens with one attached hydrogen (secondary N) is 1. The van der Waals surface area contributed by atoms with Crippen LogP contribution < -0.4 is 5.32 Å². The maximum absolute atomic E-state index is 5.76. The molecule has 20 heavy (non-hydrogen) atoms. The molecule has 3 rings (SSSR count). The van der Waals surface area contributed by atoms with Crippen LogP contribution in [0.1, 0.15) is 43.4 Å². The van der Waals surface area contributed by atoms with Gasteiger partial charge in [0.15, 0.2) is 0 Å². The first-order chi connectivity index (χ1) is 9.88. The number of ether oxygens (including phenoxy) is 1. The number of rotatable bonds is 6. The van der Waals surface area contributed by atoms with E-state index in [0.29, 0.717) is 17.4 Å².